The van der Waals surface area contributed by atoms with Crippen LogP contribution in [0.2, 0.25) is 0 Å². The Morgan fingerprint density at radius 1 is 1.28 bits per heavy atom. The van der Waals surface area contributed by atoms with Gasteiger partial charge in [-0.15, -0.1) is 16.4 Å². The summed E-state index contributed by atoms with van der Waals surface area (Å²) in [6.45, 7) is 3.20. The summed E-state index contributed by atoms with van der Waals surface area (Å²) in [5.41, 5.74) is 2.68. The lowest BCUT2D eigenvalue weighted by molar-refractivity contribution is -0.116. The van der Waals surface area contributed by atoms with Crippen molar-refractivity contribution in [1.29, 1.82) is 0 Å². The molecule has 5 nitrogen and oxygen atoms in total. The van der Waals surface area contributed by atoms with Gasteiger partial charge in [0.25, 0.3) is 0 Å². The van der Waals surface area contributed by atoms with Gasteiger partial charge in [-0.05, 0) is 54.1 Å². The van der Waals surface area contributed by atoms with Gasteiger partial charge in [0, 0.05) is 24.4 Å². The summed E-state index contributed by atoms with van der Waals surface area (Å²) in [5.74, 6) is 0.0476. The van der Waals surface area contributed by atoms with Gasteiger partial charge in [0.1, 0.15) is 0 Å². The van der Waals surface area contributed by atoms with Crippen LogP contribution in [0.5, 0.6) is 0 Å². The number of carbonyl (C=O) groups excluding carboxylic acids is 1. The van der Waals surface area contributed by atoms with Crippen LogP contribution in [0.25, 0.3) is 0 Å². The molecular formula is C21H22N4OS3. The van der Waals surface area contributed by atoms with Gasteiger partial charge < -0.3 is 0 Å². The van der Waals surface area contributed by atoms with Crippen molar-refractivity contribution in [1.82, 2.24) is 14.7 Å². The molecule has 3 aromatic rings. The predicted octanol–water partition coefficient (Wildman–Crippen LogP) is 4.86. The number of thiophene rings is 1. The van der Waals surface area contributed by atoms with E-state index in [0.29, 0.717) is 12.7 Å². The Bertz CT molecular complexity index is 1080. The average Bonchev–Trinajstić information content (AvgIpc) is 3.30. The van der Waals surface area contributed by atoms with E-state index < -0.39 is 0 Å². The maximum absolute atomic E-state index is 12.1. The van der Waals surface area contributed by atoms with Crippen molar-refractivity contribution in [2.75, 3.05) is 11.4 Å². The van der Waals surface area contributed by atoms with Crippen molar-refractivity contribution >= 4 is 45.9 Å². The molecule has 0 N–H and O–H groups in total. The summed E-state index contributed by atoms with van der Waals surface area (Å²) in [5, 5.41) is 7.68. The lowest BCUT2D eigenvalue weighted by atomic mass is 9.94. The van der Waals surface area contributed by atoms with Crippen LogP contribution in [0.3, 0.4) is 0 Å². The standard InChI is InChI=1S/C21H22N4OS3/c1-14(26)25(16-7-8-16)20-22-24(21(27)29-20)13-23-11-9-18-17(10-12-28-18)19(23)15-5-3-2-4-6-15/h2-6,10,12,16,19H,7-9,11,13H2,1H3/t19-/m1/s1. The summed E-state index contributed by atoms with van der Waals surface area (Å²) in [6, 6.07) is 13.4. The van der Waals surface area contributed by atoms with E-state index in [9.17, 15) is 4.79 Å². The van der Waals surface area contributed by atoms with Crippen LogP contribution in [0, 0.1) is 3.95 Å². The molecule has 1 saturated carbocycles. The first-order chi connectivity index (χ1) is 14.1. The first-order valence-electron chi connectivity index (χ1n) is 9.85. The van der Waals surface area contributed by atoms with Crippen molar-refractivity contribution in [3.63, 3.8) is 0 Å². The van der Waals surface area contributed by atoms with Crippen LogP contribution in [0.1, 0.15) is 41.8 Å². The highest BCUT2D eigenvalue weighted by atomic mass is 32.1. The molecule has 0 unspecified atom stereocenters. The third kappa shape index (κ3) is 3.70. The highest BCUT2D eigenvalue weighted by molar-refractivity contribution is 7.73. The van der Waals surface area contributed by atoms with Gasteiger partial charge >= 0.3 is 0 Å². The Labute approximate surface area is 183 Å². The fourth-order valence-electron chi connectivity index (χ4n) is 4.08. The molecule has 0 bridgehead atoms. The Morgan fingerprint density at radius 3 is 2.79 bits per heavy atom. The second-order valence-electron chi connectivity index (χ2n) is 7.59. The van der Waals surface area contributed by atoms with Gasteiger partial charge in [-0.3, -0.25) is 14.6 Å². The molecule has 2 aromatic heterocycles. The molecule has 1 aliphatic heterocycles. The zero-order valence-electron chi connectivity index (χ0n) is 16.2. The Morgan fingerprint density at radius 2 is 2.07 bits per heavy atom. The van der Waals surface area contributed by atoms with E-state index in [-0.39, 0.29) is 11.9 Å². The van der Waals surface area contributed by atoms with E-state index in [0.717, 1.165) is 34.9 Å². The average molecular weight is 443 g/mol. The second-order valence-corrected chi connectivity index (χ2v) is 10.2. The molecule has 0 spiro atoms. The first kappa shape index (κ1) is 19.1. The van der Waals surface area contributed by atoms with Crippen molar-refractivity contribution in [2.45, 2.75) is 44.9 Å². The zero-order valence-corrected chi connectivity index (χ0v) is 18.6. The third-order valence-electron chi connectivity index (χ3n) is 5.55. The molecule has 0 radical (unpaired) electrons. The topological polar surface area (TPSA) is 41.4 Å². The summed E-state index contributed by atoms with van der Waals surface area (Å²) in [4.78, 5) is 17.8. The lowest BCUT2D eigenvalue weighted by Crippen LogP contribution is -2.37. The summed E-state index contributed by atoms with van der Waals surface area (Å²) < 4.78 is 2.61. The fourth-order valence-corrected chi connectivity index (χ4v) is 6.18. The van der Waals surface area contributed by atoms with Crippen molar-refractivity contribution < 1.29 is 4.79 Å². The zero-order chi connectivity index (χ0) is 20.0. The number of rotatable bonds is 5. The quantitative estimate of drug-likeness (QED) is 0.530. The van der Waals surface area contributed by atoms with Gasteiger partial charge in [-0.1, -0.05) is 41.7 Å². The number of hydrogen-bond donors (Lipinski definition) is 0. The fraction of sp³-hybridized carbons (Fsp3) is 0.381. The minimum Gasteiger partial charge on any atom is -0.284 e. The molecule has 1 aromatic carbocycles. The van der Waals surface area contributed by atoms with Gasteiger partial charge in [-0.2, -0.15) is 0 Å². The Hall–Kier alpha value is -1.87. The minimum atomic E-state index is 0.0476. The van der Waals surface area contributed by atoms with E-state index >= 15 is 0 Å². The number of carbonyl (C=O) groups is 1. The SMILES string of the molecule is CC(=O)N(c1nn(CN2CCc3sccc3[C@H]2c2ccccc2)c(=S)s1)C1CC1. The molecular weight excluding hydrogens is 420 g/mol. The van der Waals surface area contributed by atoms with E-state index in [1.54, 1.807) is 6.92 Å². The molecule has 1 fully saturated rings. The van der Waals surface area contributed by atoms with Crippen molar-refractivity contribution in [2.24, 2.45) is 0 Å². The Balaban J connectivity index is 1.47. The predicted molar refractivity (Wildman–Crippen MR) is 120 cm³/mol. The van der Waals surface area contributed by atoms with Gasteiger partial charge in [0.2, 0.25) is 11.0 Å². The molecule has 1 amide bonds. The van der Waals surface area contributed by atoms with Crippen LogP contribution < -0.4 is 4.90 Å². The van der Waals surface area contributed by atoms with Crippen LogP contribution in [0.4, 0.5) is 5.13 Å². The van der Waals surface area contributed by atoms with E-state index in [1.807, 2.05) is 20.9 Å². The highest BCUT2D eigenvalue weighted by Gasteiger charge is 2.35. The smallest absolute Gasteiger partial charge is 0.225 e. The van der Waals surface area contributed by atoms with Gasteiger partial charge in [0.15, 0.2) is 3.95 Å². The number of fused-ring (bicyclic) bond motifs is 1. The number of aromatic nitrogens is 2. The molecule has 0 saturated heterocycles. The van der Waals surface area contributed by atoms with Gasteiger partial charge in [-0.25, -0.2) is 4.68 Å². The number of anilines is 1. The molecule has 3 heterocycles. The summed E-state index contributed by atoms with van der Waals surface area (Å²) in [6.07, 6.45) is 3.15. The third-order valence-corrected chi connectivity index (χ3v) is 7.85. The van der Waals surface area contributed by atoms with Crippen LogP contribution >= 0.6 is 34.9 Å². The summed E-state index contributed by atoms with van der Waals surface area (Å²) in [7, 11) is 0. The number of benzene rings is 1. The largest absolute Gasteiger partial charge is 0.284 e. The number of nitrogens with zero attached hydrogens (tertiary/aromatic N) is 4. The maximum atomic E-state index is 12.1. The first-order valence-corrected chi connectivity index (χ1v) is 12.0. The lowest BCUT2D eigenvalue weighted by Gasteiger charge is -2.36. The monoisotopic (exact) mass is 442 g/mol. The van der Waals surface area contributed by atoms with Crippen molar-refractivity contribution in [3.05, 3.63) is 61.7 Å². The van der Waals surface area contributed by atoms with E-state index in [4.69, 9.17) is 17.3 Å². The van der Waals surface area contributed by atoms with Crippen molar-refractivity contribution in [3.8, 4) is 0 Å². The van der Waals surface area contributed by atoms with Crippen LogP contribution in [-0.4, -0.2) is 33.2 Å². The molecule has 1 aliphatic carbocycles. The summed E-state index contributed by atoms with van der Waals surface area (Å²) >= 11 is 8.91. The van der Waals surface area contributed by atoms with Crippen LogP contribution in [-0.2, 0) is 17.9 Å². The maximum Gasteiger partial charge on any atom is 0.225 e. The highest BCUT2D eigenvalue weighted by Crippen LogP contribution is 2.38. The normalized spacial score (nSPS) is 19.1. The van der Waals surface area contributed by atoms with E-state index in [1.165, 1.54) is 27.3 Å². The molecule has 150 valence electrons. The number of amides is 1. The molecule has 1 atom stereocenters. The van der Waals surface area contributed by atoms with Gasteiger partial charge in [0.05, 0.1) is 12.7 Å². The van der Waals surface area contributed by atoms with Crippen LogP contribution in [0.15, 0.2) is 41.8 Å². The molecule has 8 heteroatoms. The molecule has 29 heavy (non-hydrogen) atoms. The minimum absolute atomic E-state index is 0.0476. The number of hydrogen-bond acceptors (Lipinski definition) is 6. The second kappa shape index (κ2) is 7.75. The van der Waals surface area contributed by atoms with E-state index in [2.05, 4.69) is 46.7 Å². The Kier molecular flexibility index (Phi) is 5.11. The molecule has 2 aliphatic rings. The molecule has 5 rings (SSSR count).